The quantitative estimate of drug-likeness (QED) is 0.829. The molecule has 1 aromatic carbocycles. The molecule has 1 nitrogen and oxygen atoms in total. The first-order chi connectivity index (χ1) is 8.72. The van der Waals surface area contributed by atoms with Gasteiger partial charge in [-0.15, -0.1) is 0 Å². The molecule has 1 N–H and O–H groups in total. The lowest BCUT2D eigenvalue weighted by atomic mass is 9.75. The fourth-order valence-corrected chi connectivity index (χ4v) is 3.76. The van der Waals surface area contributed by atoms with E-state index in [0.717, 1.165) is 12.0 Å². The zero-order valence-electron chi connectivity index (χ0n) is 11.2. The Labute approximate surface area is 123 Å². The first-order valence-electron chi connectivity index (χ1n) is 6.73. The summed E-state index contributed by atoms with van der Waals surface area (Å²) < 4.78 is 1.20. The largest absolute Gasteiger partial charge is 0.310 e. The maximum atomic E-state index is 3.79. The van der Waals surface area contributed by atoms with Crippen molar-refractivity contribution in [1.82, 2.24) is 5.32 Å². The van der Waals surface area contributed by atoms with E-state index in [4.69, 9.17) is 0 Å². The van der Waals surface area contributed by atoms with Crippen LogP contribution in [0.2, 0.25) is 0 Å². The molecule has 1 saturated carbocycles. The summed E-state index contributed by atoms with van der Waals surface area (Å²) in [6, 6.07) is 10.2. The summed E-state index contributed by atoms with van der Waals surface area (Å²) in [7, 11) is 0. The molecule has 0 saturated heterocycles. The van der Waals surface area contributed by atoms with E-state index in [2.05, 4.69) is 58.7 Å². The fourth-order valence-electron chi connectivity index (χ4n) is 2.60. The molecule has 0 bridgehead atoms. The third-order valence-electron chi connectivity index (χ3n) is 3.79. The lowest BCUT2D eigenvalue weighted by Gasteiger charge is -2.38. The third-order valence-corrected chi connectivity index (χ3v) is 5.02. The van der Waals surface area contributed by atoms with Crippen LogP contribution in [0.25, 0.3) is 0 Å². The molecule has 2 rings (SSSR count). The highest BCUT2D eigenvalue weighted by Gasteiger charge is 2.31. The Morgan fingerprint density at radius 1 is 1.44 bits per heavy atom. The van der Waals surface area contributed by atoms with E-state index < -0.39 is 0 Å². The van der Waals surface area contributed by atoms with Crippen molar-refractivity contribution < 1.29 is 0 Å². The van der Waals surface area contributed by atoms with Gasteiger partial charge in [-0.25, -0.2) is 0 Å². The number of hydrogen-bond donors (Lipinski definition) is 1. The molecular formula is C15H22BrNS. The second kappa shape index (κ2) is 6.97. The highest BCUT2D eigenvalue weighted by molar-refractivity contribution is 9.10. The van der Waals surface area contributed by atoms with Gasteiger partial charge in [0.1, 0.15) is 0 Å². The van der Waals surface area contributed by atoms with E-state index in [0.29, 0.717) is 6.04 Å². The minimum absolute atomic E-state index is 0.688. The SMILES string of the molecule is CCC(CSC)NC1CC(c2cccc(Br)c2)C1. The van der Waals surface area contributed by atoms with Crippen molar-refractivity contribution >= 4 is 27.7 Å². The molecule has 3 heteroatoms. The first kappa shape index (κ1) is 14.4. The second-order valence-electron chi connectivity index (χ2n) is 5.15. The first-order valence-corrected chi connectivity index (χ1v) is 8.92. The lowest BCUT2D eigenvalue weighted by Crippen LogP contribution is -2.46. The van der Waals surface area contributed by atoms with Gasteiger partial charge in [0.15, 0.2) is 0 Å². The van der Waals surface area contributed by atoms with E-state index in [1.807, 2.05) is 11.8 Å². The molecule has 1 atom stereocenters. The summed E-state index contributed by atoms with van der Waals surface area (Å²) in [6.07, 6.45) is 6.01. The highest BCUT2D eigenvalue weighted by atomic mass is 79.9. The Kier molecular flexibility index (Phi) is 5.58. The Bertz CT molecular complexity index is 377. The molecular weight excluding hydrogens is 306 g/mol. The van der Waals surface area contributed by atoms with Gasteiger partial charge in [0, 0.05) is 22.3 Å². The molecule has 0 aliphatic heterocycles. The van der Waals surface area contributed by atoms with Crippen molar-refractivity contribution in [2.45, 2.75) is 44.2 Å². The van der Waals surface area contributed by atoms with Crippen LogP contribution in [0.3, 0.4) is 0 Å². The summed E-state index contributed by atoms with van der Waals surface area (Å²) in [5, 5.41) is 3.79. The topological polar surface area (TPSA) is 12.0 Å². The van der Waals surface area contributed by atoms with Crippen LogP contribution in [-0.4, -0.2) is 24.1 Å². The van der Waals surface area contributed by atoms with Crippen molar-refractivity contribution in [3.63, 3.8) is 0 Å². The van der Waals surface area contributed by atoms with Crippen molar-refractivity contribution in [2.24, 2.45) is 0 Å². The van der Waals surface area contributed by atoms with E-state index in [1.165, 1.54) is 35.1 Å². The van der Waals surface area contributed by atoms with E-state index in [1.54, 1.807) is 0 Å². The Morgan fingerprint density at radius 2 is 2.22 bits per heavy atom. The van der Waals surface area contributed by atoms with Gasteiger partial charge in [-0.05, 0) is 49.1 Å². The van der Waals surface area contributed by atoms with Gasteiger partial charge in [0.25, 0.3) is 0 Å². The number of halogens is 1. The molecule has 100 valence electrons. The Morgan fingerprint density at radius 3 is 2.83 bits per heavy atom. The molecule has 0 heterocycles. The maximum Gasteiger partial charge on any atom is 0.0178 e. The van der Waals surface area contributed by atoms with Crippen LogP contribution in [0.15, 0.2) is 28.7 Å². The van der Waals surface area contributed by atoms with Crippen molar-refractivity contribution in [3.8, 4) is 0 Å². The fraction of sp³-hybridized carbons (Fsp3) is 0.600. The monoisotopic (exact) mass is 327 g/mol. The van der Waals surface area contributed by atoms with Crippen LogP contribution in [0, 0.1) is 0 Å². The number of hydrogen-bond acceptors (Lipinski definition) is 2. The third kappa shape index (κ3) is 3.75. The van der Waals surface area contributed by atoms with Crippen LogP contribution in [-0.2, 0) is 0 Å². The highest BCUT2D eigenvalue weighted by Crippen LogP contribution is 2.38. The van der Waals surface area contributed by atoms with Gasteiger partial charge in [-0.2, -0.15) is 11.8 Å². The van der Waals surface area contributed by atoms with Gasteiger partial charge in [-0.3, -0.25) is 0 Å². The minimum atomic E-state index is 0.688. The molecule has 1 unspecified atom stereocenters. The van der Waals surface area contributed by atoms with Crippen LogP contribution in [0.1, 0.15) is 37.7 Å². The summed E-state index contributed by atoms with van der Waals surface area (Å²) in [5.74, 6) is 1.99. The molecule has 0 spiro atoms. The second-order valence-corrected chi connectivity index (χ2v) is 6.97. The van der Waals surface area contributed by atoms with Gasteiger partial charge in [0.05, 0.1) is 0 Å². The number of rotatable bonds is 6. The molecule has 1 aliphatic rings. The average Bonchev–Trinajstić information content (AvgIpc) is 2.31. The van der Waals surface area contributed by atoms with Gasteiger partial charge >= 0.3 is 0 Å². The summed E-state index contributed by atoms with van der Waals surface area (Å²) in [5.41, 5.74) is 1.49. The molecule has 18 heavy (non-hydrogen) atoms. The predicted molar refractivity (Wildman–Crippen MR) is 85.5 cm³/mol. The summed E-state index contributed by atoms with van der Waals surface area (Å²) in [4.78, 5) is 0. The van der Waals surface area contributed by atoms with Crippen molar-refractivity contribution in [1.29, 1.82) is 0 Å². The molecule has 1 aromatic rings. The van der Waals surface area contributed by atoms with Crippen LogP contribution in [0.5, 0.6) is 0 Å². The Hall–Kier alpha value is 0.01000. The van der Waals surface area contributed by atoms with Crippen LogP contribution in [0.4, 0.5) is 0 Å². The molecule has 1 aliphatic carbocycles. The number of nitrogens with one attached hydrogen (secondary N) is 1. The molecule has 0 amide bonds. The van der Waals surface area contributed by atoms with Crippen molar-refractivity contribution in [2.75, 3.05) is 12.0 Å². The van der Waals surface area contributed by atoms with Crippen LogP contribution < -0.4 is 5.32 Å². The smallest absolute Gasteiger partial charge is 0.0178 e. The molecule has 1 fully saturated rings. The van der Waals surface area contributed by atoms with Crippen molar-refractivity contribution in [3.05, 3.63) is 34.3 Å². The van der Waals surface area contributed by atoms with Gasteiger partial charge in [-0.1, -0.05) is 35.0 Å². The number of benzene rings is 1. The zero-order valence-corrected chi connectivity index (χ0v) is 13.6. The average molecular weight is 328 g/mol. The minimum Gasteiger partial charge on any atom is -0.310 e. The zero-order chi connectivity index (χ0) is 13.0. The summed E-state index contributed by atoms with van der Waals surface area (Å²) >= 11 is 5.49. The summed E-state index contributed by atoms with van der Waals surface area (Å²) in [6.45, 7) is 2.28. The molecule has 0 aromatic heterocycles. The predicted octanol–water partition coefficient (Wildman–Crippen LogP) is 4.43. The maximum absolute atomic E-state index is 3.79. The Balaban J connectivity index is 1.80. The number of thioether (sulfide) groups is 1. The van der Waals surface area contributed by atoms with E-state index in [-0.39, 0.29) is 0 Å². The van der Waals surface area contributed by atoms with Gasteiger partial charge in [0.2, 0.25) is 0 Å². The van der Waals surface area contributed by atoms with E-state index >= 15 is 0 Å². The van der Waals surface area contributed by atoms with E-state index in [9.17, 15) is 0 Å². The normalized spacial score (nSPS) is 24.6. The lowest BCUT2D eigenvalue weighted by molar-refractivity contribution is 0.269. The molecule has 0 radical (unpaired) electrons. The van der Waals surface area contributed by atoms with Gasteiger partial charge < -0.3 is 5.32 Å². The van der Waals surface area contributed by atoms with Crippen LogP contribution >= 0.6 is 27.7 Å². The standard InChI is InChI=1S/C15H22BrNS/c1-3-14(10-18-2)17-15-8-12(9-15)11-5-4-6-13(16)7-11/h4-7,12,14-15,17H,3,8-10H2,1-2H3.